The van der Waals surface area contributed by atoms with Gasteiger partial charge in [-0.25, -0.2) is 9.18 Å². The molecule has 0 saturated carbocycles. The second kappa shape index (κ2) is 7.08. The largest absolute Gasteiger partial charge is 0.489 e. The Morgan fingerprint density at radius 1 is 1.25 bits per heavy atom. The zero-order valence-corrected chi connectivity index (χ0v) is 13.1. The number of likely N-dealkylation sites (N-methyl/N-ethyl adjacent to an activating group) is 1. The van der Waals surface area contributed by atoms with E-state index in [2.05, 4.69) is 5.32 Å². The fourth-order valence-electron chi connectivity index (χ4n) is 2.15. The zero-order valence-electron chi connectivity index (χ0n) is 13.1. The van der Waals surface area contributed by atoms with Crippen molar-refractivity contribution in [2.45, 2.75) is 0 Å². The van der Waals surface area contributed by atoms with Crippen molar-refractivity contribution in [3.63, 3.8) is 0 Å². The molecule has 2 amide bonds. The molecule has 0 unspecified atom stereocenters. The van der Waals surface area contributed by atoms with E-state index in [-0.39, 0.29) is 25.2 Å². The van der Waals surface area contributed by atoms with Crippen LogP contribution in [0.3, 0.4) is 0 Å². The van der Waals surface area contributed by atoms with Crippen molar-refractivity contribution in [1.82, 2.24) is 4.90 Å². The first-order valence-electron chi connectivity index (χ1n) is 7.42. The molecule has 126 valence electrons. The minimum atomic E-state index is -0.426. The standard InChI is InChI=1S/C17H17FN2O4/c1-20(8-9-22-14-5-3-2-4-13(14)18)17(21)19-12-6-7-15-16(10-12)24-11-23-15/h2-7,10H,8-9,11H2,1H3,(H,19,21). The summed E-state index contributed by atoms with van der Waals surface area (Å²) in [6, 6.07) is 11.0. The third-order valence-electron chi connectivity index (χ3n) is 3.49. The van der Waals surface area contributed by atoms with Crippen LogP contribution in [0.15, 0.2) is 42.5 Å². The normalized spacial score (nSPS) is 11.9. The number of nitrogens with one attached hydrogen (secondary N) is 1. The fraction of sp³-hybridized carbons (Fsp3) is 0.235. The molecule has 0 atom stereocenters. The Bertz CT molecular complexity index is 738. The zero-order chi connectivity index (χ0) is 16.9. The average Bonchev–Trinajstić information content (AvgIpc) is 3.04. The lowest BCUT2D eigenvalue weighted by molar-refractivity contribution is 0.174. The van der Waals surface area contributed by atoms with Gasteiger partial charge in [-0.3, -0.25) is 0 Å². The van der Waals surface area contributed by atoms with Crippen LogP contribution in [-0.2, 0) is 0 Å². The van der Waals surface area contributed by atoms with Crippen LogP contribution in [0.4, 0.5) is 14.9 Å². The predicted octanol–water partition coefficient (Wildman–Crippen LogP) is 3.10. The van der Waals surface area contributed by atoms with Crippen molar-refractivity contribution < 1.29 is 23.4 Å². The van der Waals surface area contributed by atoms with Crippen LogP contribution in [0.25, 0.3) is 0 Å². The number of carbonyl (C=O) groups excluding carboxylic acids is 1. The minimum Gasteiger partial charge on any atom is -0.489 e. The molecule has 1 aliphatic heterocycles. The highest BCUT2D eigenvalue weighted by molar-refractivity contribution is 5.89. The molecule has 0 aromatic heterocycles. The first-order valence-corrected chi connectivity index (χ1v) is 7.42. The molecule has 6 nitrogen and oxygen atoms in total. The summed E-state index contributed by atoms with van der Waals surface area (Å²) < 4.78 is 29.2. The van der Waals surface area contributed by atoms with Gasteiger partial charge in [0.05, 0.1) is 6.54 Å². The minimum absolute atomic E-state index is 0.169. The molecule has 0 aliphatic carbocycles. The maximum absolute atomic E-state index is 13.4. The van der Waals surface area contributed by atoms with E-state index in [0.717, 1.165) is 0 Å². The lowest BCUT2D eigenvalue weighted by Crippen LogP contribution is -2.34. The molecule has 1 N–H and O–H groups in total. The van der Waals surface area contributed by atoms with Gasteiger partial charge in [0, 0.05) is 18.8 Å². The molecular weight excluding hydrogens is 315 g/mol. The number of fused-ring (bicyclic) bond motifs is 1. The van der Waals surface area contributed by atoms with Crippen molar-refractivity contribution in [3.8, 4) is 17.2 Å². The van der Waals surface area contributed by atoms with Gasteiger partial charge in [0.2, 0.25) is 6.79 Å². The summed E-state index contributed by atoms with van der Waals surface area (Å²) in [7, 11) is 1.63. The number of rotatable bonds is 5. The first-order chi connectivity index (χ1) is 11.6. The number of carbonyl (C=O) groups is 1. The summed E-state index contributed by atoms with van der Waals surface area (Å²) in [6.45, 7) is 0.677. The Kier molecular flexibility index (Phi) is 4.69. The molecule has 0 radical (unpaired) electrons. The van der Waals surface area contributed by atoms with Gasteiger partial charge in [0.15, 0.2) is 23.1 Å². The number of nitrogens with zero attached hydrogens (tertiary/aromatic N) is 1. The number of anilines is 1. The Balaban J connectivity index is 1.49. The molecule has 3 rings (SSSR count). The van der Waals surface area contributed by atoms with E-state index in [1.54, 1.807) is 43.4 Å². The lowest BCUT2D eigenvalue weighted by atomic mass is 10.3. The Morgan fingerprint density at radius 2 is 2.04 bits per heavy atom. The van der Waals surface area contributed by atoms with Crippen molar-refractivity contribution in [2.24, 2.45) is 0 Å². The number of urea groups is 1. The van der Waals surface area contributed by atoms with E-state index in [0.29, 0.717) is 23.7 Å². The van der Waals surface area contributed by atoms with E-state index in [4.69, 9.17) is 14.2 Å². The van der Waals surface area contributed by atoms with Gasteiger partial charge < -0.3 is 24.4 Å². The van der Waals surface area contributed by atoms with Crippen LogP contribution in [0.1, 0.15) is 0 Å². The summed E-state index contributed by atoms with van der Waals surface area (Å²) in [4.78, 5) is 13.6. The van der Waals surface area contributed by atoms with Crippen molar-refractivity contribution in [1.29, 1.82) is 0 Å². The topological polar surface area (TPSA) is 60.0 Å². The smallest absolute Gasteiger partial charge is 0.321 e. The van der Waals surface area contributed by atoms with Gasteiger partial charge in [-0.05, 0) is 24.3 Å². The summed E-state index contributed by atoms with van der Waals surface area (Å²) in [5, 5.41) is 2.75. The van der Waals surface area contributed by atoms with Gasteiger partial charge in [-0.1, -0.05) is 12.1 Å². The Morgan fingerprint density at radius 3 is 2.88 bits per heavy atom. The monoisotopic (exact) mass is 332 g/mol. The van der Waals surface area contributed by atoms with E-state index >= 15 is 0 Å². The van der Waals surface area contributed by atoms with Crippen molar-refractivity contribution >= 4 is 11.7 Å². The molecule has 2 aromatic rings. The highest BCUT2D eigenvalue weighted by Gasteiger charge is 2.15. The van der Waals surface area contributed by atoms with E-state index in [9.17, 15) is 9.18 Å². The average molecular weight is 332 g/mol. The molecular formula is C17H17FN2O4. The van der Waals surface area contributed by atoms with Crippen LogP contribution in [0.5, 0.6) is 17.2 Å². The van der Waals surface area contributed by atoms with Crippen LogP contribution < -0.4 is 19.5 Å². The van der Waals surface area contributed by atoms with Gasteiger partial charge in [-0.2, -0.15) is 0 Å². The highest BCUT2D eigenvalue weighted by atomic mass is 19.1. The van der Waals surface area contributed by atoms with E-state index < -0.39 is 5.82 Å². The SMILES string of the molecule is CN(CCOc1ccccc1F)C(=O)Nc1ccc2c(c1)OCO2. The molecule has 1 aliphatic rings. The molecule has 24 heavy (non-hydrogen) atoms. The summed E-state index contributed by atoms with van der Waals surface area (Å²) in [5.41, 5.74) is 0.603. The number of amides is 2. The lowest BCUT2D eigenvalue weighted by Gasteiger charge is -2.18. The van der Waals surface area contributed by atoms with Gasteiger partial charge in [-0.15, -0.1) is 0 Å². The highest BCUT2D eigenvalue weighted by Crippen LogP contribution is 2.34. The summed E-state index contributed by atoms with van der Waals surface area (Å²) in [6.07, 6.45) is 0. The second-order valence-corrected chi connectivity index (χ2v) is 5.20. The van der Waals surface area contributed by atoms with Gasteiger partial charge >= 0.3 is 6.03 Å². The fourth-order valence-corrected chi connectivity index (χ4v) is 2.15. The first kappa shape index (κ1) is 15.9. The maximum atomic E-state index is 13.4. The van der Waals surface area contributed by atoms with Crippen LogP contribution in [0, 0.1) is 5.82 Å². The van der Waals surface area contributed by atoms with Gasteiger partial charge in [0.1, 0.15) is 6.61 Å². The van der Waals surface area contributed by atoms with Crippen LogP contribution in [-0.4, -0.2) is 37.9 Å². The Hall–Kier alpha value is -2.96. The number of benzene rings is 2. The quantitative estimate of drug-likeness (QED) is 0.914. The van der Waals surface area contributed by atoms with Gasteiger partial charge in [0.25, 0.3) is 0 Å². The third-order valence-corrected chi connectivity index (χ3v) is 3.49. The number of hydrogen-bond acceptors (Lipinski definition) is 4. The van der Waals surface area contributed by atoms with E-state index in [1.807, 2.05) is 0 Å². The molecule has 1 heterocycles. The molecule has 7 heteroatoms. The molecule has 0 fully saturated rings. The number of ether oxygens (including phenoxy) is 3. The molecule has 2 aromatic carbocycles. The second-order valence-electron chi connectivity index (χ2n) is 5.20. The maximum Gasteiger partial charge on any atom is 0.321 e. The predicted molar refractivity (Wildman–Crippen MR) is 86.1 cm³/mol. The number of hydrogen-bond donors (Lipinski definition) is 1. The summed E-state index contributed by atoms with van der Waals surface area (Å²) >= 11 is 0. The van der Waals surface area contributed by atoms with Crippen LogP contribution >= 0.6 is 0 Å². The number of para-hydroxylation sites is 1. The Labute approximate surface area is 138 Å². The third kappa shape index (κ3) is 3.68. The van der Waals surface area contributed by atoms with Crippen LogP contribution in [0.2, 0.25) is 0 Å². The van der Waals surface area contributed by atoms with E-state index in [1.165, 1.54) is 11.0 Å². The summed E-state index contributed by atoms with van der Waals surface area (Å²) in [5.74, 6) is 0.991. The molecule has 0 saturated heterocycles. The van der Waals surface area contributed by atoms with Crippen molar-refractivity contribution in [2.75, 3.05) is 32.3 Å². The number of halogens is 1. The van der Waals surface area contributed by atoms with Crippen molar-refractivity contribution in [3.05, 3.63) is 48.3 Å². The molecule has 0 spiro atoms. The molecule has 0 bridgehead atoms.